The normalized spacial score (nSPS) is 46.9. The lowest BCUT2D eigenvalue weighted by Crippen LogP contribution is -2.40. The fourth-order valence-electron chi connectivity index (χ4n) is 3.76. The Hall–Kier alpha value is -0.570. The maximum atomic E-state index is 11.7. The van der Waals surface area contributed by atoms with Crippen molar-refractivity contribution in [3.05, 3.63) is 0 Å². The van der Waals surface area contributed by atoms with Crippen LogP contribution in [0.4, 0.5) is 0 Å². The van der Waals surface area contributed by atoms with Gasteiger partial charge in [0.05, 0.1) is 19.1 Å². The van der Waals surface area contributed by atoms with Crippen LogP contribution in [0.25, 0.3) is 0 Å². The van der Waals surface area contributed by atoms with Crippen molar-refractivity contribution in [2.24, 2.45) is 22.7 Å². The zero-order valence-corrected chi connectivity index (χ0v) is 9.91. The molecule has 0 aromatic rings. The van der Waals surface area contributed by atoms with Gasteiger partial charge in [0.15, 0.2) is 0 Å². The van der Waals surface area contributed by atoms with E-state index in [1.807, 2.05) is 0 Å². The summed E-state index contributed by atoms with van der Waals surface area (Å²) in [5.74, 6) is -0.294. The molecule has 4 unspecified atom stereocenters. The third-order valence-corrected chi connectivity index (χ3v) is 5.27. The molecule has 0 heterocycles. The molecule has 0 spiro atoms. The van der Waals surface area contributed by atoms with E-state index in [9.17, 15) is 9.90 Å². The molecule has 0 aliphatic heterocycles. The van der Waals surface area contributed by atoms with Crippen LogP contribution in [0.3, 0.4) is 0 Å². The molecule has 0 aromatic heterocycles. The maximum absolute atomic E-state index is 11.7. The minimum absolute atomic E-state index is 0.0330. The van der Waals surface area contributed by atoms with Crippen LogP contribution in [0, 0.1) is 22.7 Å². The van der Waals surface area contributed by atoms with E-state index in [0.717, 1.165) is 12.8 Å². The molecule has 0 saturated heterocycles. The number of ether oxygens (including phenoxy) is 1. The van der Waals surface area contributed by atoms with Crippen LogP contribution in [-0.2, 0) is 9.53 Å². The molecule has 0 amide bonds. The van der Waals surface area contributed by atoms with E-state index in [1.165, 1.54) is 7.11 Å². The number of rotatable bonds is 1. The van der Waals surface area contributed by atoms with Gasteiger partial charge in [0.25, 0.3) is 0 Å². The van der Waals surface area contributed by atoms with E-state index < -0.39 is 6.10 Å². The number of aliphatic hydroxyl groups is 1. The Morgan fingerprint density at radius 1 is 1.40 bits per heavy atom. The molecule has 86 valence electrons. The van der Waals surface area contributed by atoms with Gasteiger partial charge in [-0.25, -0.2) is 0 Å². The largest absolute Gasteiger partial charge is 0.469 e. The number of methoxy groups -OCH3 is 1. The first kappa shape index (κ1) is 10.9. The molecule has 3 nitrogen and oxygen atoms in total. The van der Waals surface area contributed by atoms with Crippen LogP contribution in [0.5, 0.6) is 0 Å². The van der Waals surface area contributed by atoms with E-state index in [-0.39, 0.29) is 28.6 Å². The minimum atomic E-state index is -0.543. The molecule has 0 radical (unpaired) electrons. The third kappa shape index (κ3) is 1.07. The fourth-order valence-corrected chi connectivity index (χ4v) is 3.76. The Morgan fingerprint density at radius 2 is 2.00 bits per heavy atom. The van der Waals surface area contributed by atoms with Gasteiger partial charge < -0.3 is 9.84 Å². The highest BCUT2D eigenvalue weighted by atomic mass is 16.5. The zero-order valence-electron chi connectivity index (χ0n) is 9.91. The number of hydrogen-bond donors (Lipinski definition) is 1. The molecule has 1 N–H and O–H groups in total. The Labute approximate surface area is 90.8 Å². The number of aliphatic hydroxyl groups excluding tert-OH is 1. The highest BCUT2D eigenvalue weighted by Crippen LogP contribution is 2.67. The lowest BCUT2D eigenvalue weighted by molar-refractivity contribution is -0.153. The second-order valence-electron chi connectivity index (χ2n) is 5.78. The van der Waals surface area contributed by atoms with E-state index >= 15 is 0 Å². The molecule has 2 aliphatic carbocycles. The molecule has 0 aromatic carbocycles. The molecule has 2 fully saturated rings. The van der Waals surface area contributed by atoms with Gasteiger partial charge in [-0.1, -0.05) is 20.8 Å². The molecular formula is C12H20O3. The predicted molar refractivity (Wildman–Crippen MR) is 56.1 cm³/mol. The van der Waals surface area contributed by atoms with Crippen molar-refractivity contribution in [1.82, 2.24) is 0 Å². The third-order valence-electron chi connectivity index (χ3n) is 5.27. The van der Waals surface area contributed by atoms with Crippen molar-refractivity contribution < 1.29 is 14.6 Å². The first-order valence-corrected chi connectivity index (χ1v) is 5.62. The second kappa shape index (κ2) is 2.97. The highest BCUT2D eigenvalue weighted by Gasteiger charge is 2.67. The number of carbonyl (C=O) groups is 1. The summed E-state index contributed by atoms with van der Waals surface area (Å²) in [6, 6.07) is 0. The Balaban J connectivity index is 2.38. The van der Waals surface area contributed by atoms with Crippen molar-refractivity contribution in [3.8, 4) is 0 Å². The van der Waals surface area contributed by atoms with Gasteiger partial charge in [-0.05, 0) is 29.6 Å². The van der Waals surface area contributed by atoms with E-state index in [2.05, 4.69) is 20.8 Å². The van der Waals surface area contributed by atoms with Crippen molar-refractivity contribution >= 4 is 5.97 Å². The van der Waals surface area contributed by atoms with Gasteiger partial charge in [-0.15, -0.1) is 0 Å². The van der Waals surface area contributed by atoms with Gasteiger partial charge in [-0.2, -0.15) is 0 Å². The topological polar surface area (TPSA) is 46.5 Å². The summed E-state index contributed by atoms with van der Waals surface area (Å²) in [5, 5.41) is 10.3. The molecule has 3 heteroatoms. The lowest BCUT2D eigenvalue weighted by atomic mass is 9.70. The van der Waals surface area contributed by atoms with Crippen molar-refractivity contribution in [3.63, 3.8) is 0 Å². The fraction of sp³-hybridized carbons (Fsp3) is 0.917. The molecule has 15 heavy (non-hydrogen) atoms. The smallest absolute Gasteiger partial charge is 0.311 e. The minimum Gasteiger partial charge on any atom is -0.469 e. The monoisotopic (exact) mass is 212 g/mol. The van der Waals surface area contributed by atoms with Crippen molar-refractivity contribution in [2.45, 2.75) is 39.7 Å². The number of hydrogen-bond acceptors (Lipinski definition) is 3. The summed E-state index contributed by atoms with van der Waals surface area (Å²) in [7, 11) is 1.40. The maximum Gasteiger partial charge on any atom is 0.311 e. The average molecular weight is 212 g/mol. The standard InChI is InChI=1S/C12H20O3/c1-11(2)7-5-6-12(11,3)9(13)8(7)10(14)15-4/h7-9,13H,5-6H2,1-4H3. The van der Waals surface area contributed by atoms with Gasteiger partial charge in [0.2, 0.25) is 0 Å². The Bertz CT molecular complexity index is 297. The molecular weight excluding hydrogens is 192 g/mol. The SMILES string of the molecule is COC(=O)C1C2CCC(C)(C1O)C2(C)C. The summed E-state index contributed by atoms with van der Waals surface area (Å²) in [5.41, 5.74) is -0.0954. The molecule has 2 aliphatic rings. The molecule has 4 atom stereocenters. The summed E-state index contributed by atoms with van der Waals surface area (Å²) in [6.07, 6.45) is 1.50. The Morgan fingerprint density at radius 3 is 2.40 bits per heavy atom. The molecule has 2 bridgehead atoms. The lowest BCUT2D eigenvalue weighted by Gasteiger charge is -2.36. The van der Waals surface area contributed by atoms with Gasteiger partial charge in [0, 0.05) is 0 Å². The van der Waals surface area contributed by atoms with Gasteiger partial charge in [0.1, 0.15) is 0 Å². The van der Waals surface area contributed by atoms with Crippen LogP contribution in [-0.4, -0.2) is 24.3 Å². The zero-order chi connectivity index (χ0) is 11.4. The predicted octanol–water partition coefficient (Wildman–Crippen LogP) is 1.59. The summed E-state index contributed by atoms with van der Waals surface area (Å²) >= 11 is 0. The van der Waals surface area contributed by atoms with E-state index in [0.29, 0.717) is 0 Å². The Kier molecular flexibility index (Phi) is 2.16. The molecule has 2 rings (SSSR count). The van der Waals surface area contributed by atoms with Crippen LogP contribution >= 0.6 is 0 Å². The van der Waals surface area contributed by atoms with Crippen LogP contribution in [0.1, 0.15) is 33.6 Å². The van der Waals surface area contributed by atoms with Crippen LogP contribution in [0.2, 0.25) is 0 Å². The van der Waals surface area contributed by atoms with E-state index in [4.69, 9.17) is 4.74 Å². The average Bonchev–Trinajstić information content (AvgIpc) is 2.48. The molecule has 2 saturated carbocycles. The number of carbonyl (C=O) groups excluding carboxylic acids is 1. The van der Waals surface area contributed by atoms with Crippen LogP contribution < -0.4 is 0 Å². The van der Waals surface area contributed by atoms with Crippen molar-refractivity contribution in [2.75, 3.05) is 7.11 Å². The van der Waals surface area contributed by atoms with Crippen molar-refractivity contribution in [1.29, 1.82) is 0 Å². The summed E-state index contributed by atoms with van der Waals surface area (Å²) < 4.78 is 4.80. The number of fused-ring (bicyclic) bond motifs is 2. The quantitative estimate of drug-likeness (QED) is 0.671. The second-order valence-corrected chi connectivity index (χ2v) is 5.78. The van der Waals surface area contributed by atoms with Crippen LogP contribution in [0.15, 0.2) is 0 Å². The summed E-state index contributed by atoms with van der Waals surface area (Å²) in [4.78, 5) is 11.7. The number of esters is 1. The van der Waals surface area contributed by atoms with Gasteiger partial charge in [-0.3, -0.25) is 4.79 Å². The highest BCUT2D eigenvalue weighted by molar-refractivity contribution is 5.74. The first-order valence-electron chi connectivity index (χ1n) is 5.62. The summed E-state index contributed by atoms with van der Waals surface area (Å²) in [6.45, 7) is 6.42. The van der Waals surface area contributed by atoms with Gasteiger partial charge >= 0.3 is 5.97 Å². The van der Waals surface area contributed by atoms with E-state index in [1.54, 1.807) is 0 Å². The first-order chi connectivity index (χ1) is 6.86.